The summed E-state index contributed by atoms with van der Waals surface area (Å²) in [5.41, 5.74) is 2.39. The summed E-state index contributed by atoms with van der Waals surface area (Å²) in [4.78, 5) is 24.4. The molecule has 3 rings (SSSR count). The van der Waals surface area contributed by atoms with Gasteiger partial charge in [0.05, 0.1) is 12.3 Å². The fraction of sp³-hybridized carbons (Fsp3) is 0.200. The normalized spacial score (nSPS) is 10.6. The van der Waals surface area contributed by atoms with E-state index in [1.54, 1.807) is 10.6 Å². The molecule has 0 aliphatic rings. The number of thioether (sulfide) groups is 1. The Labute approximate surface area is 186 Å². The van der Waals surface area contributed by atoms with Gasteiger partial charge >= 0.3 is 0 Å². The van der Waals surface area contributed by atoms with Gasteiger partial charge in [0, 0.05) is 21.9 Å². The second-order valence-corrected chi connectivity index (χ2v) is 8.54. The molecule has 1 heterocycles. The van der Waals surface area contributed by atoms with Crippen LogP contribution in [0.5, 0.6) is 0 Å². The summed E-state index contributed by atoms with van der Waals surface area (Å²) in [6.45, 7) is 2.20. The molecule has 9 heteroatoms. The van der Waals surface area contributed by atoms with Crippen LogP contribution in [0.2, 0.25) is 0 Å². The van der Waals surface area contributed by atoms with E-state index in [0.29, 0.717) is 16.5 Å². The van der Waals surface area contributed by atoms with Crippen LogP contribution in [0, 0.1) is 10.5 Å². The Morgan fingerprint density at radius 3 is 2.62 bits per heavy atom. The minimum atomic E-state index is -0.164. The molecule has 2 aromatic carbocycles. The van der Waals surface area contributed by atoms with Crippen molar-refractivity contribution >= 4 is 51.9 Å². The zero-order valence-electron chi connectivity index (χ0n) is 16.0. The van der Waals surface area contributed by atoms with Crippen molar-refractivity contribution in [2.75, 3.05) is 11.1 Å². The fourth-order valence-corrected chi connectivity index (χ4v) is 3.62. The molecular weight excluding hydrogens is 501 g/mol. The molecule has 0 saturated carbocycles. The Kier molecular flexibility index (Phi) is 7.26. The van der Waals surface area contributed by atoms with E-state index in [-0.39, 0.29) is 24.1 Å². The summed E-state index contributed by atoms with van der Waals surface area (Å²) in [6.07, 6.45) is 0. The highest BCUT2D eigenvalue weighted by atomic mass is 127. The molecule has 0 atom stereocenters. The van der Waals surface area contributed by atoms with Gasteiger partial charge in [0.2, 0.25) is 5.91 Å². The second-order valence-electron chi connectivity index (χ2n) is 6.35. The number of hydrogen-bond acceptors (Lipinski definition) is 5. The third kappa shape index (κ3) is 6.04. The maximum absolute atomic E-state index is 12.3. The lowest BCUT2D eigenvalue weighted by Gasteiger charge is -2.07. The van der Waals surface area contributed by atoms with Crippen molar-refractivity contribution in [2.45, 2.75) is 18.6 Å². The average Bonchev–Trinajstić information content (AvgIpc) is 3.06. The Morgan fingerprint density at radius 2 is 1.90 bits per heavy atom. The number of rotatable bonds is 7. The Bertz CT molecular complexity index is 1020. The molecule has 0 fully saturated rings. The molecule has 0 unspecified atom stereocenters. The largest absolute Gasteiger partial charge is 0.345 e. The van der Waals surface area contributed by atoms with Gasteiger partial charge in [-0.2, -0.15) is 0 Å². The van der Waals surface area contributed by atoms with Crippen molar-refractivity contribution in [3.05, 3.63) is 69.1 Å². The smallest absolute Gasteiger partial charge is 0.251 e. The molecule has 0 aliphatic heterocycles. The van der Waals surface area contributed by atoms with E-state index >= 15 is 0 Å². The number of aryl methyl sites for hydroxylation is 1. The number of amides is 2. The van der Waals surface area contributed by atoms with E-state index in [1.807, 2.05) is 56.4 Å². The second kappa shape index (κ2) is 9.88. The minimum Gasteiger partial charge on any atom is -0.345 e. The van der Waals surface area contributed by atoms with Crippen LogP contribution in [-0.2, 0) is 18.4 Å². The first-order chi connectivity index (χ1) is 13.9. The number of nitrogens with zero attached hydrogens (tertiary/aromatic N) is 3. The Hall–Kier alpha value is -2.40. The van der Waals surface area contributed by atoms with E-state index in [9.17, 15) is 9.59 Å². The van der Waals surface area contributed by atoms with Crippen molar-refractivity contribution in [2.24, 2.45) is 7.05 Å². The number of halogens is 1. The number of carbonyl (C=O) groups is 2. The molecule has 2 N–H and O–H groups in total. The number of carbonyl (C=O) groups excluding carboxylic acids is 2. The Balaban J connectivity index is 1.51. The maximum Gasteiger partial charge on any atom is 0.251 e. The molecule has 0 spiro atoms. The minimum absolute atomic E-state index is 0.117. The SMILES string of the molecule is Cc1cccc(C(=O)NCc2nnc(SCC(=O)Nc3ccc(I)cc3)n2C)c1. The summed E-state index contributed by atoms with van der Waals surface area (Å²) in [6, 6.07) is 15.0. The van der Waals surface area contributed by atoms with Gasteiger partial charge in [-0.1, -0.05) is 29.5 Å². The quantitative estimate of drug-likeness (QED) is 0.368. The zero-order valence-corrected chi connectivity index (χ0v) is 19.0. The lowest BCUT2D eigenvalue weighted by Crippen LogP contribution is -2.24. The molecule has 0 saturated heterocycles. The summed E-state index contributed by atoms with van der Waals surface area (Å²) in [5, 5.41) is 14.5. The first-order valence-electron chi connectivity index (χ1n) is 8.84. The van der Waals surface area contributed by atoms with E-state index < -0.39 is 0 Å². The molecule has 7 nitrogen and oxygen atoms in total. The van der Waals surface area contributed by atoms with E-state index in [2.05, 4.69) is 43.4 Å². The van der Waals surface area contributed by atoms with Gasteiger partial charge in [0.25, 0.3) is 5.91 Å². The number of aromatic nitrogens is 3. The highest BCUT2D eigenvalue weighted by Gasteiger charge is 2.13. The highest BCUT2D eigenvalue weighted by molar-refractivity contribution is 14.1. The first kappa shape index (κ1) is 21.3. The lowest BCUT2D eigenvalue weighted by atomic mass is 10.1. The number of hydrogen-bond donors (Lipinski definition) is 2. The average molecular weight is 521 g/mol. The third-order valence-electron chi connectivity index (χ3n) is 4.07. The third-order valence-corrected chi connectivity index (χ3v) is 5.81. The standard InChI is InChI=1S/C20H20IN5O2S/c1-13-4-3-5-14(10-13)19(28)22-11-17-24-25-20(26(17)2)29-12-18(27)23-16-8-6-15(21)7-9-16/h3-10H,11-12H2,1-2H3,(H,22,28)(H,23,27). The van der Waals surface area contributed by atoms with Gasteiger partial charge in [-0.3, -0.25) is 9.59 Å². The molecule has 2 amide bonds. The molecule has 0 aliphatic carbocycles. The predicted octanol–water partition coefficient (Wildman–Crippen LogP) is 3.39. The number of nitrogens with one attached hydrogen (secondary N) is 2. The number of benzene rings is 2. The van der Waals surface area contributed by atoms with Crippen molar-refractivity contribution in [1.82, 2.24) is 20.1 Å². The van der Waals surface area contributed by atoms with Crippen molar-refractivity contribution in [1.29, 1.82) is 0 Å². The van der Waals surface area contributed by atoms with Gasteiger partial charge in [-0.05, 0) is 65.9 Å². The topological polar surface area (TPSA) is 88.9 Å². The molecular formula is C20H20IN5O2S. The van der Waals surface area contributed by atoms with E-state index in [4.69, 9.17) is 0 Å². The molecule has 29 heavy (non-hydrogen) atoms. The first-order valence-corrected chi connectivity index (χ1v) is 10.9. The molecule has 1 aromatic heterocycles. The van der Waals surface area contributed by atoms with Crippen LogP contribution < -0.4 is 10.6 Å². The van der Waals surface area contributed by atoms with Crippen LogP contribution in [0.4, 0.5) is 5.69 Å². The summed E-state index contributed by atoms with van der Waals surface area (Å²) < 4.78 is 2.88. The molecule has 0 bridgehead atoms. The van der Waals surface area contributed by atoms with Crippen LogP contribution in [0.15, 0.2) is 53.7 Å². The maximum atomic E-state index is 12.3. The highest BCUT2D eigenvalue weighted by Crippen LogP contribution is 2.17. The number of anilines is 1. The Morgan fingerprint density at radius 1 is 1.14 bits per heavy atom. The van der Waals surface area contributed by atoms with Crippen LogP contribution in [0.25, 0.3) is 0 Å². The van der Waals surface area contributed by atoms with Gasteiger partial charge in [-0.25, -0.2) is 0 Å². The zero-order chi connectivity index (χ0) is 20.8. The fourth-order valence-electron chi connectivity index (χ4n) is 2.53. The van der Waals surface area contributed by atoms with Crippen molar-refractivity contribution < 1.29 is 9.59 Å². The van der Waals surface area contributed by atoms with E-state index in [0.717, 1.165) is 14.8 Å². The van der Waals surface area contributed by atoms with Gasteiger partial charge in [-0.15, -0.1) is 10.2 Å². The predicted molar refractivity (Wildman–Crippen MR) is 122 cm³/mol. The summed E-state index contributed by atoms with van der Waals surface area (Å²) >= 11 is 3.51. The molecule has 0 radical (unpaired) electrons. The summed E-state index contributed by atoms with van der Waals surface area (Å²) in [5.74, 6) is 0.552. The van der Waals surface area contributed by atoms with Crippen molar-refractivity contribution in [3.8, 4) is 0 Å². The van der Waals surface area contributed by atoms with E-state index in [1.165, 1.54) is 11.8 Å². The summed E-state index contributed by atoms with van der Waals surface area (Å²) in [7, 11) is 1.81. The molecule has 150 valence electrons. The lowest BCUT2D eigenvalue weighted by molar-refractivity contribution is -0.113. The van der Waals surface area contributed by atoms with Crippen LogP contribution >= 0.6 is 34.4 Å². The van der Waals surface area contributed by atoms with Gasteiger partial charge in [0.15, 0.2) is 11.0 Å². The van der Waals surface area contributed by atoms with Crippen LogP contribution in [0.1, 0.15) is 21.7 Å². The van der Waals surface area contributed by atoms with Gasteiger partial charge < -0.3 is 15.2 Å². The molecule has 3 aromatic rings. The van der Waals surface area contributed by atoms with Gasteiger partial charge in [0.1, 0.15) is 0 Å². The van der Waals surface area contributed by atoms with Crippen LogP contribution in [-0.4, -0.2) is 32.3 Å². The van der Waals surface area contributed by atoms with Crippen LogP contribution in [0.3, 0.4) is 0 Å². The van der Waals surface area contributed by atoms with Crippen molar-refractivity contribution in [3.63, 3.8) is 0 Å². The monoisotopic (exact) mass is 521 g/mol.